The van der Waals surface area contributed by atoms with Gasteiger partial charge in [-0.1, -0.05) is 23.7 Å². The molecule has 2 heterocycles. The van der Waals surface area contributed by atoms with Gasteiger partial charge in [0.05, 0.1) is 24.7 Å². The van der Waals surface area contributed by atoms with Crippen LogP contribution in [0.15, 0.2) is 24.3 Å². The Kier molecular flexibility index (Phi) is 5.85. The first-order chi connectivity index (χ1) is 12.4. The Labute approximate surface area is 159 Å². The molecular weight excluding hydrogens is 354 g/mol. The van der Waals surface area contributed by atoms with Gasteiger partial charge in [0.25, 0.3) is 0 Å². The zero-order valence-corrected chi connectivity index (χ0v) is 16.0. The summed E-state index contributed by atoms with van der Waals surface area (Å²) in [6, 6.07) is 7.35. The third kappa shape index (κ3) is 4.19. The number of hydrogen-bond acceptors (Lipinski definition) is 4. The van der Waals surface area contributed by atoms with E-state index < -0.39 is 5.41 Å². The highest BCUT2D eigenvalue weighted by molar-refractivity contribution is 6.30. The molecule has 2 fully saturated rings. The van der Waals surface area contributed by atoms with Crippen molar-refractivity contribution >= 4 is 23.4 Å². The lowest BCUT2D eigenvalue weighted by molar-refractivity contribution is -0.158. The number of carbonyl (C=O) groups is 2. The van der Waals surface area contributed by atoms with Crippen molar-refractivity contribution in [2.75, 3.05) is 26.3 Å². The van der Waals surface area contributed by atoms with Crippen molar-refractivity contribution in [2.45, 2.75) is 38.9 Å². The molecule has 0 radical (unpaired) electrons. The molecule has 6 nitrogen and oxygen atoms in total. The molecule has 2 atom stereocenters. The number of nitrogens with one attached hydrogen (secondary N) is 2. The number of halogens is 1. The minimum absolute atomic E-state index is 0.0106. The normalized spacial score (nSPS) is 24.7. The zero-order chi connectivity index (χ0) is 18.7. The van der Waals surface area contributed by atoms with Crippen molar-refractivity contribution in [3.8, 4) is 0 Å². The fraction of sp³-hybridized carbons (Fsp3) is 0.579. The molecule has 3 rings (SSSR count). The first-order valence-electron chi connectivity index (χ1n) is 9.06. The standard InChI is InChI=1S/C19H26ClN3O3/c1-3-21-17(24)16-8-15(22-18(25)19(2)11-26-12-19)10-23(16)9-13-4-6-14(20)7-5-13/h4-7,15-16H,3,8-12H2,1-2H3,(H,21,24)(H,22,25)/t15-,16+/m1/s1. The molecule has 0 spiro atoms. The van der Waals surface area contributed by atoms with Gasteiger partial charge >= 0.3 is 0 Å². The van der Waals surface area contributed by atoms with E-state index in [1.54, 1.807) is 0 Å². The molecule has 7 heteroatoms. The van der Waals surface area contributed by atoms with Crippen LogP contribution in [0.25, 0.3) is 0 Å². The van der Waals surface area contributed by atoms with Crippen LogP contribution in [0.1, 0.15) is 25.8 Å². The van der Waals surface area contributed by atoms with Crippen molar-refractivity contribution in [3.05, 3.63) is 34.9 Å². The summed E-state index contributed by atoms with van der Waals surface area (Å²) in [5, 5.41) is 6.71. The minimum Gasteiger partial charge on any atom is -0.379 e. The Morgan fingerprint density at radius 1 is 1.31 bits per heavy atom. The van der Waals surface area contributed by atoms with Crippen LogP contribution in [0.4, 0.5) is 0 Å². The highest BCUT2D eigenvalue weighted by Gasteiger charge is 2.44. The van der Waals surface area contributed by atoms with E-state index in [2.05, 4.69) is 15.5 Å². The highest BCUT2D eigenvalue weighted by atomic mass is 35.5. The van der Waals surface area contributed by atoms with Crippen LogP contribution in [0, 0.1) is 5.41 Å². The van der Waals surface area contributed by atoms with E-state index >= 15 is 0 Å². The Hall–Kier alpha value is -1.63. The lowest BCUT2D eigenvalue weighted by Gasteiger charge is -2.37. The van der Waals surface area contributed by atoms with Crippen molar-refractivity contribution in [2.24, 2.45) is 5.41 Å². The molecule has 0 bridgehead atoms. The van der Waals surface area contributed by atoms with Crippen LogP contribution < -0.4 is 10.6 Å². The summed E-state index contributed by atoms with van der Waals surface area (Å²) in [6.45, 7) is 6.62. The Morgan fingerprint density at radius 3 is 2.58 bits per heavy atom. The number of rotatable bonds is 6. The second-order valence-electron chi connectivity index (χ2n) is 7.43. The summed E-state index contributed by atoms with van der Waals surface area (Å²) >= 11 is 5.96. The van der Waals surface area contributed by atoms with Gasteiger partial charge in [0.1, 0.15) is 0 Å². The summed E-state index contributed by atoms with van der Waals surface area (Å²) in [4.78, 5) is 27.1. The zero-order valence-electron chi connectivity index (χ0n) is 15.3. The molecule has 142 valence electrons. The molecule has 1 aromatic carbocycles. The first-order valence-corrected chi connectivity index (χ1v) is 9.44. The van der Waals surface area contributed by atoms with Gasteiger partial charge in [-0.3, -0.25) is 14.5 Å². The van der Waals surface area contributed by atoms with Crippen LogP contribution >= 0.6 is 11.6 Å². The lowest BCUT2D eigenvalue weighted by atomic mass is 9.87. The summed E-state index contributed by atoms with van der Waals surface area (Å²) in [5.74, 6) is 0.0214. The molecule has 2 N–H and O–H groups in total. The van der Waals surface area contributed by atoms with Gasteiger partial charge in [-0.25, -0.2) is 0 Å². The number of likely N-dealkylation sites (tertiary alicyclic amines) is 1. The molecule has 1 aromatic rings. The topological polar surface area (TPSA) is 70.7 Å². The van der Waals surface area contributed by atoms with Crippen LogP contribution in [0.3, 0.4) is 0 Å². The predicted molar refractivity (Wildman–Crippen MR) is 99.8 cm³/mol. The van der Waals surface area contributed by atoms with E-state index in [1.165, 1.54) is 0 Å². The smallest absolute Gasteiger partial charge is 0.237 e. The quantitative estimate of drug-likeness (QED) is 0.787. The van der Waals surface area contributed by atoms with Gasteiger partial charge in [0.15, 0.2) is 0 Å². The maximum Gasteiger partial charge on any atom is 0.237 e. The van der Waals surface area contributed by atoms with Crippen LogP contribution in [-0.2, 0) is 20.9 Å². The molecule has 2 aliphatic rings. The van der Waals surface area contributed by atoms with Gasteiger partial charge in [-0.05, 0) is 38.0 Å². The van der Waals surface area contributed by atoms with Crippen LogP contribution in [0.5, 0.6) is 0 Å². The van der Waals surface area contributed by atoms with Crippen molar-refractivity contribution < 1.29 is 14.3 Å². The fourth-order valence-electron chi connectivity index (χ4n) is 3.47. The molecule has 2 saturated heterocycles. The number of nitrogens with zero attached hydrogens (tertiary/aromatic N) is 1. The van der Waals surface area contributed by atoms with E-state index in [-0.39, 0.29) is 23.9 Å². The number of likely N-dealkylation sites (N-methyl/N-ethyl adjacent to an activating group) is 1. The molecule has 2 amide bonds. The minimum atomic E-state index is -0.440. The number of amides is 2. The van der Waals surface area contributed by atoms with Crippen LogP contribution in [-0.4, -0.2) is 55.1 Å². The largest absolute Gasteiger partial charge is 0.379 e. The predicted octanol–water partition coefficient (Wildman–Crippen LogP) is 1.57. The monoisotopic (exact) mass is 379 g/mol. The van der Waals surface area contributed by atoms with Crippen molar-refractivity contribution in [1.29, 1.82) is 0 Å². The SMILES string of the molecule is CCNC(=O)[C@@H]1C[C@@H](NC(=O)C2(C)COC2)CN1Cc1ccc(Cl)cc1. The summed E-state index contributed by atoms with van der Waals surface area (Å²) in [7, 11) is 0. The second kappa shape index (κ2) is 7.94. The average molecular weight is 380 g/mol. The van der Waals surface area contributed by atoms with Crippen molar-refractivity contribution in [3.63, 3.8) is 0 Å². The van der Waals surface area contributed by atoms with Gasteiger partial charge < -0.3 is 15.4 Å². The summed E-state index contributed by atoms with van der Waals surface area (Å²) in [5.41, 5.74) is 0.653. The molecular formula is C19H26ClN3O3. The van der Waals surface area contributed by atoms with Gasteiger partial charge in [0.2, 0.25) is 11.8 Å². The van der Waals surface area contributed by atoms with Crippen molar-refractivity contribution in [1.82, 2.24) is 15.5 Å². The van der Waals surface area contributed by atoms with Crippen LogP contribution in [0.2, 0.25) is 5.02 Å². The van der Waals surface area contributed by atoms with Gasteiger partial charge in [0, 0.05) is 30.7 Å². The molecule has 0 unspecified atom stereocenters. The van der Waals surface area contributed by atoms with E-state index in [0.717, 1.165) is 5.56 Å². The maximum absolute atomic E-state index is 12.5. The average Bonchev–Trinajstić information content (AvgIpc) is 2.97. The summed E-state index contributed by atoms with van der Waals surface area (Å²) in [6.07, 6.45) is 0.613. The van der Waals surface area contributed by atoms with Gasteiger partial charge in [-0.2, -0.15) is 0 Å². The Balaban J connectivity index is 1.67. The van der Waals surface area contributed by atoms with E-state index in [1.807, 2.05) is 38.1 Å². The summed E-state index contributed by atoms with van der Waals surface area (Å²) < 4.78 is 5.18. The molecule has 2 aliphatic heterocycles. The first kappa shape index (κ1) is 19.1. The third-order valence-corrected chi connectivity index (χ3v) is 5.33. The number of carbonyl (C=O) groups excluding carboxylic acids is 2. The number of hydrogen-bond donors (Lipinski definition) is 2. The van der Waals surface area contributed by atoms with E-state index in [0.29, 0.717) is 44.3 Å². The number of ether oxygens (including phenoxy) is 1. The Bertz CT molecular complexity index is 660. The third-order valence-electron chi connectivity index (χ3n) is 5.08. The highest BCUT2D eigenvalue weighted by Crippen LogP contribution is 2.28. The molecule has 0 aliphatic carbocycles. The maximum atomic E-state index is 12.5. The number of benzene rings is 1. The molecule has 26 heavy (non-hydrogen) atoms. The fourth-order valence-corrected chi connectivity index (χ4v) is 3.60. The van der Waals surface area contributed by atoms with Gasteiger partial charge in [-0.15, -0.1) is 0 Å². The Morgan fingerprint density at radius 2 is 2.00 bits per heavy atom. The van der Waals surface area contributed by atoms with E-state index in [4.69, 9.17) is 16.3 Å². The lowest BCUT2D eigenvalue weighted by Crippen LogP contribution is -2.54. The molecule has 0 aromatic heterocycles. The van der Waals surface area contributed by atoms with E-state index in [9.17, 15) is 9.59 Å². The second-order valence-corrected chi connectivity index (χ2v) is 7.86. The molecule has 0 saturated carbocycles.